The highest BCUT2D eigenvalue weighted by molar-refractivity contribution is 5.87. The van der Waals surface area contributed by atoms with Crippen LogP contribution in [0.25, 0.3) is 11.0 Å². The lowest BCUT2D eigenvalue weighted by Crippen LogP contribution is -2.27. The van der Waals surface area contributed by atoms with Crippen LogP contribution in [0.3, 0.4) is 0 Å². The van der Waals surface area contributed by atoms with Gasteiger partial charge in [-0.3, -0.25) is 4.79 Å². The third-order valence-electron chi connectivity index (χ3n) is 2.62. The molecule has 0 aliphatic carbocycles. The SMILES string of the molecule is NCCCNC(=O)Cc1coc2ccccc12. The van der Waals surface area contributed by atoms with Gasteiger partial charge in [0.1, 0.15) is 5.58 Å². The standard InChI is InChI=1S/C13H16N2O2/c14-6-3-7-15-13(16)8-10-9-17-12-5-2-1-4-11(10)12/h1-2,4-5,9H,3,6-8,14H2,(H,15,16). The van der Waals surface area contributed by atoms with E-state index in [-0.39, 0.29) is 5.91 Å². The molecule has 0 radical (unpaired) electrons. The fourth-order valence-electron chi connectivity index (χ4n) is 1.74. The monoisotopic (exact) mass is 232 g/mol. The van der Waals surface area contributed by atoms with Crippen molar-refractivity contribution in [1.29, 1.82) is 0 Å². The number of furan rings is 1. The van der Waals surface area contributed by atoms with E-state index in [0.29, 0.717) is 19.5 Å². The molecule has 17 heavy (non-hydrogen) atoms. The van der Waals surface area contributed by atoms with Crippen LogP contribution in [0.4, 0.5) is 0 Å². The van der Waals surface area contributed by atoms with Crippen molar-refractivity contribution in [2.24, 2.45) is 5.73 Å². The van der Waals surface area contributed by atoms with Crippen molar-refractivity contribution < 1.29 is 9.21 Å². The van der Waals surface area contributed by atoms with Crippen molar-refractivity contribution in [1.82, 2.24) is 5.32 Å². The zero-order valence-electron chi connectivity index (χ0n) is 9.61. The largest absolute Gasteiger partial charge is 0.464 e. The van der Waals surface area contributed by atoms with Crippen molar-refractivity contribution in [2.75, 3.05) is 13.1 Å². The van der Waals surface area contributed by atoms with Gasteiger partial charge in [0.25, 0.3) is 0 Å². The van der Waals surface area contributed by atoms with Gasteiger partial charge in [0, 0.05) is 17.5 Å². The summed E-state index contributed by atoms with van der Waals surface area (Å²) in [5.41, 5.74) is 7.10. The maximum Gasteiger partial charge on any atom is 0.224 e. The van der Waals surface area contributed by atoms with E-state index in [1.165, 1.54) is 0 Å². The quantitative estimate of drug-likeness (QED) is 0.766. The third-order valence-corrected chi connectivity index (χ3v) is 2.62. The van der Waals surface area contributed by atoms with Crippen LogP contribution in [-0.2, 0) is 11.2 Å². The summed E-state index contributed by atoms with van der Waals surface area (Å²) in [5, 5.41) is 3.83. The summed E-state index contributed by atoms with van der Waals surface area (Å²) in [5.74, 6) is 0.00463. The van der Waals surface area contributed by atoms with Crippen LogP contribution in [0, 0.1) is 0 Å². The van der Waals surface area contributed by atoms with Gasteiger partial charge in [-0.05, 0) is 19.0 Å². The lowest BCUT2D eigenvalue weighted by atomic mass is 10.1. The molecule has 1 aromatic carbocycles. The van der Waals surface area contributed by atoms with Crippen molar-refractivity contribution in [3.8, 4) is 0 Å². The molecule has 0 saturated heterocycles. The van der Waals surface area contributed by atoms with Gasteiger partial charge in [-0.2, -0.15) is 0 Å². The van der Waals surface area contributed by atoms with E-state index in [9.17, 15) is 4.79 Å². The molecule has 2 rings (SSSR count). The van der Waals surface area contributed by atoms with E-state index in [1.807, 2.05) is 24.3 Å². The van der Waals surface area contributed by atoms with Crippen LogP contribution in [-0.4, -0.2) is 19.0 Å². The van der Waals surface area contributed by atoms with Crippen LogP contribution in [0.15, 0.2) is 34.9 Å². The number of para-hydroxylation sites is 1. The first-order chi connectivity index (χ1) is 8.31. The molecule has 3 N–H and O–H groups in total. The normalized spacial score (nSPS) is 10.6. The van der Waals surface area contributed by atoms with Crippen LogP contribution in [0.1, 0.15) is 12.0 Å². The predicted molar refractivity (Wildman–Crippen MR) is 66.6 cm³/mol. The summed E-state index contributed by atoms with van der Waals surface area (Å²) in [6, 6.07) is 7.71. The molecular weight excluding hydrogens is 216 g/mol. The molecule has 1 heterocycles. The molecule has 0 aliphatic heterocycles. The second-order valence-corrected chi connectivity index (χ2v) is 3.93. The van der Waals surface area contributed by atoms with Crippen molar-refractivity contribution in [3.63, 3.8) is 0 Å². The van der Waals surface area contributed by atoms with Crippen LogP contribution in [0.2, 0.25) is 0 Å². The van der Waals surface area contributed by atoms with Gasteiger partial charge in [-0.15, -0.1) is 0 Å². The van der Waals surface area contributed by atoms with Gasteiger partial charge in [0.2, 0.25) is 5.91 Å². The third kappa shape index (κ3) is 2.85. The number of benzene rings is 1. The molecule has 0 unspecified atom stereocenters. The Balaban J connectivity index is 2.01. The molecule has 1 aromatic heterocycles. The second-order valence-electron chi connectivity index (χ2n) is 3.93. The summed E-state index contributed by atoms with van der Waals surface area (Å²) < 4.78 is 5.38. The smallest absolute Gasteiger partial charge is 0.224 e. The average molecular weight is 232 g/mol. The molecule has 0 atom stereocenters. The van der Waals surface area contributed by atoms with E-state index in [1.54, 1.807) is 6.26 Å². The number of amides is 1. The Labute approximate surface area is 99.8 Å². The number of hydrogen-bond acceptors (Lipinski definition) is 3. The fraction of sp³-hybridized carbons (Fsp3) is 0.308. The zero-order chi connectivity index (χ0) is 12.1. The van der Waals surface area contributed by atoms with E-state index in [2.05, 4.69) is 5.32 Å². The summed E-state index contributed by atoms with van der Waals surface area (Å²) in [7, 11) is 0. The highest BCUT2D eigenvalue weighted by Crippen LogP contribution is 2.20. The van der Waals surface area contributed by atoms with Crippen LogP contribution in [0.5, 0.6) is 0 Å². The molecular formula is C13H16N2O2. The maximum absolute atomic E-state index is 11.6. The fourth-order valence-corrected chi connectivity index (χ4v) is 1.74. The van der Waals surface area contributed by atoms with E-state index >= 15 is 0 Å². The lowest BCUT2D eigenvalue weighted by molar-refractivity contribution is -0.120. The average Bonchev–Trinajstić information content (AvgIpc) is 2.73. The van der Waals surface area contributed by atoms with E-state index in [0.717, 1.165) is 23.0 Å². The molecule has 2 aromatic rings. The Morgan fingerprint density at radius 2 is 2.18 bits per heavy atom. The number of nitrogens with one attached hydrogen (secondary N) is 1. The summed E-state index contributed by atoms with van der Waals surface area (Å²) >= 11 is 0. The Hall–Kier alpha value is -1.81. The molecule has 4 nitrogen and oxygen atoms in total. The summed E-state index contributed by atoms with van der Waals surface area (Å²) in [6.07, 6.45) is 2.80. The summed E-state index contributed by atoms with van der Waals surface area (Å²) in [4.78, 5) is 11.6. The van der Waals surface area contributed by atoms with Crippen LogP contribution < -0.4 is 11.1 Å². The van der Waals surface area contributed by atoms with Gasteiger partial charge < -0.3 is 15.5 Å². The first-order valence-electron chi connectivity index (χ1n) is 5.73. The second kappa shape index (κ2) is 5.50. The molecule has 0 spiro atoms. The topological polar surface area (TPSA) is 68.3 Å². The molecule has 90 valence electrons. The molecule has 4 heteroatoms. The van der Waals surface area contributed by atoms with E-state index in [4.69, 9.17) is 10.2 Å². The van der Waals surface area contributed by atoms with Gasteiger partial charge in [0.15, 0.2) is 0 Å². The van der Waals surface area contributed by atoms with Gasteiger partial charge >= 0.3 is 0 Å². The van der Waals surface area contributed by atoms with Crippen molar-refractivity contribution in [2.45, 2.75) is 12.8 Å². The van der Waals surface area contributed by atoms with Crippen molar-refractivity contribution in [3.05, 3.63) is 36.1 Å². The number of hydrogen-bond donors (Lipinski definition) is 2. The number of nitrogens with two attached hydrogens (primary N) is 1. The summed E-state index contributed by atoms with van der Waals surface area (Å²) in [6.45, 7) is 1.22. The Kier molecular flexibility index (Phi) is 3.77. The maximum atomic E-state index is 11.6. The van der Waals surface area contributed by atoms with Gasteiger partial charge in [-0.25, -0.2) is 0 Å². The predicted octanol–water partition coefficient (Wildman–Crippen LogP) is 1.44. The number of rotatable bonds is 5. The van der Waals surface area contributed by atoms with Crippen LogP contribution >= 0.6 is 0 Å². The first kappa shape index (κ1) is 11.7. The Morgan fingerprint density at radius 3 is 3.00 bits per heavy atom. The minimum atomic E-state index is 0.00463. The number of fused-ring (bicyclic) bond motifs is 1. The molecule has 0 saturated carbocycles. The number of carbonyl (C=O) groups is 1. The zero-order valence-corrected chi connectivity index (χ0v) is 9.61. The van der Waals surface area contributed by atoms with Crippen molar-refractivity contribution >= 4 is 16.9 Å². The number of carbonyl (C=O) groups excluding carboxylic acids is 1. The van der Waals surface area contributed by atoms with E-state index < -0.39 is 0 Å². The Morgan fingerprint density at radius 1 is 1.35 bits per heavy atom. The minimum absolute atomic E-state index is 0.00463. The molecule has 0 aliphatic rings. The molecule has 0 fully saturated rings. The van der Waals surface area contributed by atoms with Gasteiger partial charge in [0.05, 0.1) is 12.7 Å². The molecule has 0 bridgehead atoms. The lowest BCUT2D eigenvalue weighted by Gasteiger charge is -2.02. The first-order valence-corrected chi connectivity index (χ1v) is 5.73. The Bertz CT molecular complexity index is 505. The van der Waals surface area contributed by atoms with Gasteiger partial charge in [-0.1, -0.05) is 18.2 Å². The highest BCUT2D eigenvalue weighted by atomic mass is 16.3. The minimum Gasteiger partial charge on any atom is -0.464 e. The highest BCUT2D eigenvalue weighted by Gasteiger charge is 2.09. The molecule has 1 amide bonds.